The molecule has 1 saturated heterocycles. The molecule has 0 unspecified atom stereocenters. The monoisotopic (exact) mass is 350 g/mol. The average molecular weight is 350 g/mol. The zero-order valence-corrected chi connectivity index (χ0v) is 15.5. The second-order valence-corrected chi connectivity index (χ2v) is 7.29. The number of aryl methyl sites for hydroxylation is 1. The summed E-state index contributed by atoms with van der Waals surface area (Å²) in [6.07, 6.45) is 3.67. The van der Waals surface area contributed by atoms with Gasteiger partial charge in [0.1, 0.15) is 5.75 Å². The van der Waals surface area contributed by atoms with Gasteiger partial charge in [0.05, 0.1) is 12.7 Å². The number of para-hydroxylation sites is 2. The molecule has 1 fully saturated rings. The van der Waals surface area contributed by atoms with Crippen LogP contribution < -0.4 is 4.74 Å². The minimum Gasteiger partial charge on any atom is -0.496 e. The predicted molar refractivity (Wildman–Crippen MR) is 104 cm³/mol. The van der Waals surface area contributed by atoms with Crippen molar-refractivity contribution in [3.05, 3.63) is 65.9 Å². The van der Waals surface area contributed by atoms with Crippen molar-refractivity contribution in [3.63, 3.8) is 0 Å². The molecule has 26 heavy (non-hydrogen) atoms. The van der Waals surface area contributed by atoms with Crippen LogP contribution in [0.5, 0.6) is 5.75 Å². The van der Waals surface area contributed by atoms with Crippen LogP contribution in [0.4, 0.5) is 0 Å². The van der Waals surface area contributed by atoms with E-state index in [1.54, 1.807) is 7.11 Å². The van der Waals surface area contributed by atoms with Crippen LogP contribution in [0.15, 0.2) is 54.7 Å². The van der Waals surface area contributed by atoms with Crippen molar-refractivity contribution in [1.82, 2.24) is 9.47 Å². The quantitative estimate of drug-likeness (QED) is 0.780. The van der Waals surface area contributed by atoms with Gasteiger partial charge in [0, 0.05) is 49.3 Å². The fourth-order valence-corrected chi connectivity index (χ4v) is 4.17. The molecule has 0 atom stereocenters. The molecule has 3 aromatic rings. The Morgan fingerprint density at radius 2 is 1.73 bits per heavy atom. The van der Waals surface area contributed by atoms with E-state index in [2.05, 4.69) is 47.0 Å². The van der Waals surface area contributed by atoms with Gasteiger partial charge in [-0.3, -0.25) is 4.90 Å². The Kier molecular flexibility index (Phi) is 4.47. The number of hydrogen-bond acceptors (Lipinski definition) is 3. The van der Waals surface area contributed by atoms with Crippen LogP contribution in [0.25, 0.3) is 10.9 Å². The van der Waals surface area contributed by atoms with Gasteiger partial charge in [-0.1, -0.05) is 36.4 Å². The van der Waals surface area contributed by atoms with Crippen LogP contribution in [0, 0.1) is 0 Å². The fraction of sp³-hybridized carbons (Fsp3) is 0.364. The molecule has 0 saturated carbocycles. The molecule has 136 valence electrons. The van der Waals surface area contributed by atoms with E-state index in [-0.39, 0.29) is 0 Å². The molecular formula is C22H26N2O2. The maximum atomic E-state index is 11.2. The standard InChI is InChI=1S/C22H26N2O2/c1-23-15-17(18-7-3-5-9-20(18)23)16-24-13-11-22(25,12-14-24)19-8-4-6-10-21(19)26-2/h3-10,15,25H,11-14,16H2,1-2H3. The molecule has 1 aliphatic rings. The van der Waals surface area contributed by atoms with Crippen molar-refractivity contribution in [1.29, 1.82) is 0 Å². The summed E-state index contributed by atoms with van der Waals surface area (Å²) in [5, 5.41) is 12.5. The first-order chi connectivity index (χ1) is 12.6. The highest BCUT2D eigenvalue weighted by atomic mass is 16.5. The Hall–Kier alpha value is -2.30. The summed E-state index contributed by atoms with van der Waals surface area (Å²) < 4.78 is 7.66. The summed E-state index contributed by atoms with van der Waals surface area (Å²) in [4.78, 5) is 2.44. The van der Waals surface area contributed by atoms with Crippen LogP contribution >= 0.6 is 0 Å². The van der Waals surface area contributed by atoms with E-state index in [4.69, 9.17) is 4.74 Å². The summed E-state index contributed by atoms with van der Waals surface area (Å²) in [5.41, 5.74) is 2.73. The van der Waals surface area contributed by atoms with Crippen molar-refractivity contribution in [2.24, 2.45) is 7.05 Å². The van der Waals surface area contributed by atoms with E-state index in [0.717, 1.165) is 43.8 Å². The molecule has 4 heteroatoms. The second-order valence-electron chi connectivity index (χ2n) is 7.29. The third kappa shape index (κ3) is 3.00. The third-order valence-corrected chi connectivity index (χ3v) is 5.66. The van der Waals surface area contributed by atoms with E-state index in [9.17, 15) is 5.11 Å². The Bertz CT molecular complexity index is 907. The van der Waals surface area contributed by atoms with E-state index in [1.807, 2.05) is 24.3 Å². The number of ether oxygens (including phenoxy) is 1. The normalized spacial score (nSPS) is 17.5. The Balaban J connectivity index is 1.50. The number of likely N-dealkylation sites (tertiary alicyclic amines) is 1. The van der Waals surface area contributed by atoms with Crippen molar-refractivity contribution < 1.29 is 9.84 Å². The van der Waals surface area contributed by atoms with Crippen LogP contribution in [-0.2, 0) is 19.2 Å². The summed E-state index contributed by atoms with van der Waals surface area (Å²) in [5.74, 6) is 0.775. The van der Waals surface area contributed by atoms with Crippen molar-refractivity contribution in [2.45, 2.75) is 25.0 Å². The van der Waals surface area contributed by atoms with E-state index in [1.165, 1.54) is 16.5 Å². The fourth-order valence-electron chi connectivity index (χ4n) is 4.17. The maximum absolute atomic E-state index is 11.2. The molecule has 0 amide bonds. The number of nitrogens with zero attached hydrogens (tertiary/aromatic N) is 2. The van der Waals surface area contributed by atoms with Crippen LogP contribution in [-0.4, -0.2) is 34.8 Å². The van der Waals surface area contributed by atoms with Gasteiger partial charge in [-0.05, 0) is 30.5 Å². The average Bonchev–Trinajstić information content (AvgIpc) is 3.00. The Morgan fingerprint density at radius 3 is 2.50 bits per heavy atom. The molecule has 1 N–H and O–H groups in total. The zero-order valence-electron chi connectivity index (χ0n) is 15.5. The Labute approximate surface area is 154 Å². The lowest BCUT2D eigenvalue weighted by molar-refractivity contribution is -0.0291. The number of aromatic nitrogens is 1. The van der Waals surface area contributed by atoms with Crippen LogP contribution in [0.1, 0.15) is 24.0 Å². The summed E-state index contributed by atoms with van der Waals surface area (Å²) >= 11 is 0. The minimum atomic E-state index is -0.804. The van der Waals surface area contributed by atoms with Gasteiger partial charge in [0.25, 0.3) is 0 Å². The SMILES string of the molecule is COc1ccccc1C1(O)CCN(Cc2cn(C)c3ccccc23)CC1. The van der Waals surface area contributed by atoms with Gasteiger partial charge in [-0.25, -0.2) is 0 Å². The molecule has 2 heterocycles. The van der Waals surface area contributed by atoms with Crippen molar-refractivity contribution in [3.8, 4) is 5.75 Å². The number of methoxy groups -OCH3 is 1. The van der Waals surface area contributed by atoms with E-state index in [0.29, 0.717) is 0 Å². The lowest BCUT2D eigenvalue weighted by Gasteiger charge is -2.39. The minimum absolute atomic E-state index is 0.720. The lowest BCUT2D eigenvalue weighted by Crippen LogP contribution is -2.42. The van der Waals surface area contributed by atoms with Gasteiger partial charge >= 0.3 is 0 Å². The molecule has 0 aliphatic carbocycles. The topological polar surface area (TPSA) is 37.6 Å². The zero-order chi connectivity index (χ0) is 18.1. The molecule has 4 rings (SSSR count). The van der Waals surface area contributed by atoms with Crippen molar-refractivity contribution >= 4 is 10.9 Å². The molecule has 1 aliphatic heterocycles. The third-order valence-electron chi connectivity index (χ3n) is 5.66. The number of aliphatic hydroxyl groups is 1. The molecule has 2 aromatic carbocycles. The highest BCUT2D eigenvalue weighted by molar-refractivity contribution is 5.83. The largest absolute Gasteiger partial charge is 0.496 e. The highest BCUT2D eigenvalue weighted by Gasteiger charge is 2.36. The van der Waals surface area contributed by atoms with Crippen molar-refractivity contribution in [2.75, 3.05) is 20.2 Å². The second kappa shape index (κ2) is 6.78. The Morgan fingerprint density at radius 1 is 1.04 bits per heavy atom. The van der Waals surface area contributed by atoms with Crippen LogP contribution in [0.2, 0.25) is 0 Å². The predicted octanol–water partition coefficient (Wildman–Crippen LogP) is 3.67. The van der Waals surface area contributed by atoms with Crippen LogP contribution in [0.3, 0.4) is 0 Å². The smallest absolute Gasteiger partial charge is 0.124 e. The number of rotatable bonds is 4. The summed E-state index contributed by atoms with van der Waals surface area (Å²) in [6.45, 7) is 2.67. The van der Waals surface area contributed by atoms with Gasteiger partial charge in [0.2, 0.25) is 0 Å². The number of hydrogen-bond donors (Lipinski definition) is 1. The first-order valence-electron chi connectivity index (χ1n) is 9.22. The lowest BCUT2D eigenvalue weighted by atomic mass is 9.84. The number of piperidine rings is 1. The molecule has 4 nitrogen and oxygen atoms in total. The van der Waals surface area contributed by atoms with Gasteiger partial charge < -0.3 is 14.4 Å². The first-order valence-corrected chi connectivity index (χ1v) is 9.22. The summed E-state index contributed by atoms with van der Waals surface area (Å²) in [7, 11) is 3.76. The molecule has 1 aromatic heterocycles. The summed E-state index contributed by atoms with van der Waals surface area (Å²) in [6, 6.07) is 16.4. The van der Waals surface area contributed by atoms with E-state index < -0.39 is 5.60 Å². The molecule has 0 spiro atoms. The molecule has 0 bridgehead atoms. The molecule has 0 radical (unpaired) electrons. The number of benzene rings is 2. The number of fused-ring (bicyclic) bond motifs is 1. The maximum Gasteiger partial charge on any atom is 0.124 e. The molecular weight excluding hydrogens is 324 g/mol. The van der Waals surface area contributed by atoms with Gasteiger partial charge in [-0.2, -0.15) is 0 Å². The highest BCUT2D eigenvalue weighted by Crippen LogP contribution is 2.38. The van der Waals surface area contributed by atoms with E-state index >= 15 is 0 Å². The van der Waals surface area contributed by atoms with Gasteiger partial charge in [-0.15, -0.1) is 0 Å². The van der Waals surface area contributed by atoms with Gasteiger partial charge in [0.15, 0.2) is 0 Å². The first kappa shape index (κ1) is 17.1.